The van der Waals surface area contributed by atoms with Crippen LogP contribution in [0, 0.1) is 0 Å². The minimum Gasteiger partial charge on any atom is -0.462 e. The van der Waals surface area contributed by atoms with E-state index in [0.29, 0.717) is 12.2 Å². The van der Waals surface area contributed by atoms with Gasteiger partial charge < -0.3 is 9.64 Å². The quantitative estimate of drug-likeness (QED) is 0.769. The lowest BCUT2D eigenvalue weighted by molar-refractivity contribution is 0.0526. The maximum Gasteiger partial charge on any atom is 0.338 e. The Morgan fingerprint density at radius 1 is 1.39 bits per heavy atom. The summed E-state index contributed by atoms with van der Waals surface area (Å²) in [4.78, 5) is 14.1. The molecule has 98 valence electrons. The van der Waals surface area contributed by atoms with Crippen LogP contribution in [-0.4, -0.2) is 25.7 Å². The lowest BCUT2D eigenvalue weighted by Crippen LogP contribution is -2.28. The van der Waals surface area contributed by atoms with Crippen molar-refractivity contribution in [3.05, 3.63) is 29.3 Å². The SMILES string of the molecule is CCOC(=O)c1ccc2c(c1)C(C)(C)CN2CC. The van der Waals surface area contributed by atoms with Gasteiger partial charge in [-0.3, -0.25) is 0 Å². The van der Waals surface area contributed by atoms with E-state index in [9.17, 15) is 4.79 Å². The van der Waals surface area contributed by atoms with Crippen molar-refractivity contribution in [1.29, 1.82) is 0 Å². The Morgan fingerprint density at radius 3 is 2.72 bits per heavy atom. The van der Waals surface area contributed by atoms with Crippen LogP contribution in [0.15, 0.2) is 18.2 Å². The zero-order valence-corrected chi connectivity index (χ0v) is 11.6. The summed E-state index contributed by atoms with van der Waals surface area (Å²) in [6.07, 6.45) is 0. The second-order valence-electron chi connectivity index (χ2n) is 5.35. The van der Waals surface area contributed by atoms with Gasteiger partial charge in [-0.2, -0.15) is 0 Å². The van der Waals surface area contributed by atoms with Crippen molar-refractivity contribution in [3.63, 3.8) is 0 Å². The molecule has 1 aliphatic heterocycles. The Morgan fingerprint density at radius 2 is 2.11 bits per heavy atom. The van der Waals surface area contributed by atoms with Crippen LogP contribution in [0.25, 0.3) is 0 Å². The molecule has 0 saturated heterocycles. The minimum atomic E-state index is -0.231. The molecule has 0 atom stereocenters. The first-order valence-corrected chi connectivity index (χ1v) is 6.56. The summed E-state index contributed by atoms with van der Waals surface area (Å²) in [6.45, 7) is 10.8. The lowest BCUT2D eigenvalue weighted by atomic mass is 9.86. The molecular weight excluding hydrogens is 226 g/mol. The molecule has 0 unspecified atom stereocenters. The van der Waals surface area contributed by atoms with E-state index in [2.05, 4.69) is 25.7 Å². The molecule has 0 N–H and O–H groups in total. The van der Waals surface area contributed by atoms with E-state index in [1.807, 2.05) is 25.1 Å². The van der Waals surface area contributed by atoms with Crippen LogP contribution < -0.4 is 4.90 Å². The fourth-order valence-electron chi connectivity index (χ4n) is 2.62. The highest BCUT2D eigenvalue weighted by Gasteiger charge is 2.34. The predicted octanol–water partition coefficient (Wildman–Crippen LogP) is 2.98. The van der Waals surface area contributed by atoms with Crippen LogP contribution in [0.5, 0.6) is 0 Å². The van der Waals surface area contributed by atoms with E-state index in [4.69, 9.17) is 4.74 Å². The maximum atomic E-state index is 11.8. The fourth-order valence-corrected chi connectivity index (χ4v) is 2.62. The third kappa shape index (κ3) is 2.09. The number of likely N-dealkylation sites (N-methyl/N-ethyl adjacent to an activating group) is 1. The Kier molecular flexibility index (Phi) is 3.33. The molecule has 0 saturated carbocycles. The van der Waals surface area contributed by atoms with Crippen molar-refractivity contribution in [2.75, 3.05) is 24.6 Å². The summed E-state index contributed by atoms with van der Waals surface area (Å²) in [7, 11) is 0. The van der Waals surface area contributed by atoms with Gasteiger partial charge in [0.15, 0.2) is 0 Å². The molecule has 0 spiro atoms. The third-order valence-corrected chi connectivity index (χ3v) is 3.55. The molecule has 0 amide bonds. The number of esters is 1. The molecule has 2 rings (SSSR count). The van der Waals surface area contributed by atoms with E-state index in [1.165, 1.54) is 11.3 Å². The topological polar surface area (TPSA) is 29.5 Å². The van der Waals surface area contributed by atoms with Crippen LogP contribution >= 0.6 is 0 Å². The molecular formula is C15H21NO2. The number of fused-ring (bicyclic) bond motifs is 1. The average Bonchev–Trinajstić information content (AvgIpc) is 2.61. The molecule has 0 aromatic heterocycles. The van der Waals surface area contributed by atoms with Gasteiger partial charge in [0.1, 0.15) is 0 Å². The number of ether oxygens (including phenoxy) is 1. The number of hydrogen-bond acceptors (Lipinski definition) is 3. The summed E-state index contributed by atoms with van der Waals surface area (Å²) in [5.74, 6) is -0.231. The standard InChI is InChI=1S/C15H21NO2/c1-5-16-10-15(3,4)12-9-11(7-8-13(12)16)14(17)18-6-2/h7-9H,5-6,10H2,1-4H3. The normalized spacial score (nSPS) is 16.6. The number of rotatable bonds is 3. The first-order valence-electron chi connectivity index (χ1n) is 6.56. The number of carbonyl (C=O) groups is 1. The molecule has 3 nitrogen and oxygen atoms in total. The number of nitrogens with zero attached hydrogens (tertiary/aromatic N) is 1. The molecule has 0 radical (unpaired) electrons. The van der Waals surface area contributed by atoms with Gasteiger partial charge in [0.05, 0.1) is 12.2 Å². The maximum absolute atomic E-state index is 11.8. The van der Waals surface area contributed by atoms with Crippen LogP contribution in [0.2, 0.25) is 0 Å². The molecule has 0 bridgehead atoms. The van der Waals surface area contributed by atoms with Gasteiger partial charge in [-0.25, -0.2) is 4.79 Å². The highest BCUT2D eigenvalue weighted by molar-refractivity contribution is 5.90. The van der Waals surface area contributed by atoms with Gasteiger partial charge in [0, 0.05) is 24.2 Å². The van der Waals surface area contributed by atoms with Crippen LogP contribution in [0.4, 0.5) is 5.69 Å². The third-order valence-electron chi connectivity index (χ3n) is 3.55. The first kappa shape index (κ1) is 12.9. The summed E-state index contributed by atoms with van der Waals surface area (Å²) < 4.78 is 5.06. The molecule has 0 aliphatic carbocycles. The van der Waals surface area contributed by atoms with E-state index in [0.717, 1.165) is 13.1 Å². The zero-order chi connectivity index (χ0) is 13.3. The van der Waals surface area contributed by atoms with Gasteiger partial charge in [-0.05, 0) is 37.6 Å². The first-order chi connectivity index (χ1) is 8.49. The van der Waals surface area contributed by atoms with E-state index in [-0.39, 0.29) is 11.4 Å². The molecule has 1 aromatic carbocycles. The van der Waals surface area contributed by atoms with E-state index < -0.39 is 0 Å². The van der Waals surface area contributed by atoms with Gasteiger partial charge >= 0.3 is 5.97 Å². The highest BCUT2D eigenvalue weighted by atomic mass is 16.5. The molecule has 1 aromatic rings. The number of anilines is 1. The smallest absolute Gasteiger partial charge is 0.338 e. The van der Waals surface area contributed by atoms with E-state index >= 15 is 0 Å². The average molecular weight is 247 g/mol. The van der Waals surface area contributed by atoms with Crippen molar-refractivity contribution in [1.82, 2.24) is 0 Å². The van der Waals surface area contributed by atoms with Gasteiger partial charge in [0.25, 0.3) is 0 Å². The van der Waals surface area contributed by atoms with Crippen molar-refractivity contribution in [3.8, 4) is 0 Å². The highest BCUT2D eigenvalue weighted by Crippen LogP contribution is 2.40. The van der Waals surface area contributed by atoms with E-state index in [1.54, 1.807) is 0 Å². The Balaban J connectivity index is 2.40. The van der Waals surface area contributed by atoms with Crippen LogP contribution in [-0.2, 0) is 10.2 Å². The predicted molar refractivity (Wildman–Crippen MR) is 73.3 cm³/mol. The number of carbonyl (C=O) groups excluding carboxylic acids is 1. The van der Waals surface area contributed by atoms with Crippen LogP contribution in [0.3, 0.4) is 0 Å². The Bertz CT molecular complexity index is 466. The summed E-state index contributed by atoms with van der Waals surface area (Å²) in [5.41, 5.74) is 3.24. The van der Waals surface area contributed by atoms with Gasteiger partial charge in [-0.1, -0.05) is 13.8 Å². The van der Waals surface area contributed by atoms with Crippen molar-refractivity contribution >= 4 is 11.7 Å². The summed E-state index contributed by atoms with van der Waals surface area (Å²) >= 11 is 0. The van der Waals surface area contributed by atoms with Crippen LogP contribution in [0.1, 0.15) is 43.6 Å². The largest absolute Gasteiger partial charge is 0.462 e. The molecule has 18 heavy (non-hydrogen) atoms. The second-order valence-corrected chi connectivity index (χ2v) is 5.35. The second kappa shape index (κ2) is 4.63. The molecule has 1 aliphatic rings. The zero-order valence-electron chi connectivity index (χ0n) is 11.6. The monoisotopic (exact) mass is 247 g/mol. The number of benzene rings is 1. The fraction of sp³-hybridized carbons (Fsp3) is 0.533. The summed E-state index contributed by atoms with van der Waals surface area (Å²) in [5, 5.41) is 0. The van der Waals surface area contributed by atoms with Crippen molar-refractivity contribution < 1.29 is 9.53 Å². The van der Waals surface area contributed by atoms with Crippen molar-refractivity contribution in [2.45, 2.75) is 33.1 Å². The van der Waals surface area contributed by atoms with Gasteiger partial charge in [-0.15, -0.1) is 0 Å². The van der Waals surface area contributed by atoms with Crippen molar-refractivity contribution in [2.24, 2.45) is 0 Å². The summed E-state index contributed by atoms with van der Waals surface area (Å²) in [6, 6.07) is 5.89. The minimum absolute atomic E-state index is 0.0911. The van der Waals surface area contributed by atoms with Gasteiger partial charge in [0.2, 0.25) is 0 Å². The Labute approximate surface area is 109 Å². The lowest BCUT2D eigenvalue weighted by Gasteiger charge is -2.20. The molecule has 1 heterocycles. The molecule has 3 heteroatoms. The number of hydrogen-bond donors (Lipinski definition) is 0. The Hall–Kier alpha value is -1.51. The molecule has 0 fully saturated rings.